The zero-order valence-electron chi connectivity index (χ0n) is 9.97. The lowest BCUT2D eigenvalue weighted by Gasteiger charge is -2.26. The predicted molar refractivity (Wildman–Crippen MR) is 58.5 cm³/mol. The van der Waals surface area contributed by atoms with Crippen molar-refractivity contribution in [2.24, 2.45) is 11.7 Å². The number of rotatable bonds is 5. The highest BCUT2D eigenvalue weighted by Gasteiger charge is 2.40. The third-order valence-electron chi connectivity index (χ3n) is 3.14. The molecule has 0 aromatic heterocycles. The molecule has 1 fully saturated rings. The van der Waals surface area contributed by atoms with Gasteiger partial charge in [-0.1, -0.05) is 6.42 Å². The van der Waals surface area contributed by atoms with Gasteiger partial charge in [0.1, 0.15) is 0 Å². The number of alkyl halides is 4. The molecule has 0 aliphatic heterocycles. The second kappa shape index (κ2) is 6.36. The lowest BCUT2D eigenvalue weighted by Crippen LogP contribution is -2.42. The molecule has 1 rings (SSSR count). The number of amides is 1. The molecule has 0 spiro atoms. The zero-order chi connectivity index (χ0) is 13.8. The van der Waals surface area contributed by atoms with Gasteiger partial charge in [-0.15, -0.1) is 0 Å². The molecule has 3 nitrogen and oxygen atoms in total. The van der Waals surface area contributed by atoms with Gasteiger partial charge in [-0.3, -0.25) is 4.79 Å². The van der Waals surface area contributed by atoms with Gasteiger partial charge in [0.2, 0.25) is 5.91 Å². The molecule has 0 saturated heterocycles. The summed E-state index contributed by atoms with van der Waals surface area (Å²) in [6, 6.07) is 0.0408. The first-order valence-electron chi connectivity index (χ1n) is 5.99. The highest BCUT2D eigenvalue weighted by atomic mass is 19.3. The highest BCUT2D eigenvalue weighted by Crippen LogP contribution is 2.26. The summed E-state index contributed by atoms with van der Waals surface area (Å²) in [5, 5.41) is 1.86. The van der Waals surface area contributed by atoms with Gasteiger partial charge in [-0.25, -0.2) is 8.78 Å². The Balaban J connectivity index is 2.29. The molecule has 0 aromatic rings. The van der Waals surface area contributed by atoms with Crippen LogP contribution >= 0.6 is 0 Å². The monoisotopic (exact) mass is 270 g/mol. The fourth-order valence-electron chi connectivity index (χ4n) is 2.15. The minimum Gasteiger partial charge on any atom is -0.350 e. The van der Waals surface area contributed by atoms with Crippen LogP contribution in [0.3, 0.4) is 0 Å². The van der Waals surface area contributed by atoms with Crippen molar-refractivity contribution < 1.29 is 22.4 Å². The average molecular weight is 270 g/mol. The third kappa shape index (κ3) is 4.80. The Morgan fingerprint density at radius 2 is 2.06 bits per heavy atom. The summed E-state index contributed by atoms with van der Waals surface area (Å²) in [5.41, 5.74) is 5.73. The Kier molecular flexibility index (Phi) is 5.37. The van der Waals surface area contributed by atoms with Crippen LogP contribution in [0.25, 0.3) is 0 Å². The van der Waals surface area contributed by atoms with Gasteiger partial charge in [0, 0.05) is 12.5 Å². The zero-order valence-corrected chi connectivity index (χ0v) is 9.97. The van der Waals surface area contributed by atoms with Crippen LogP contribution < -0.4 is 11.1 Å². The molecular formula is C11H18F4N2O. The van der Waals surface area contributed by atoms with Crippen molar-refractivity contribution in [1.29, 1.82) is 0 Å². The second-order valence-corrected chi connectivity index (χ2v) is 4.84. The summed E-state index contributed by atoms with van der Waals surface area (Å²) < 4.78 is 48.8. The normalized spacial score (nSPS) is 25.2. The van der Waals surface area contributed by atoms with E-state index in [0.717, 1.165) is 19.3 Å². The SMILES string of the molecule is NC1CCCC(CC(=O)NCC(F)(F)C(F)F)C1. The molecule has 7 heteroatoms. The Hall–Kier alpha value is -0.850. The van der Waals surface area contributed by atoms with E-state index in [2.05, 4.69) is 0 Å². The van der Waals surface area contributed by atoms with Crippen LogP contribution in [0.15, 0.2) is 0 Å². The summed E-state index contributed by atoms with van der Waals surface area (Å²) in [5.74, 6) is -4.72. The molecule has 1 amide bonds. The first kappa shape index (κ1) is 15.2. The molecule has 1 aliphatic rings. The lowest BCUT2D eigenvalue weighted by atomic mass is 9.84. The third-order valence-corrected chi connectivity index (χ3v) is 3.14. The van der Waals surface area contributed by atoms with Gasteiger partial charge in [0.15, 0.2) is 0 Å². The maximum Gasteiger partial charge on any atom is 0.324 e. The van der Waals surface area contributed by atoms with E-state index >= 15 is 0 Å². The van der Waals surface area contributed by atoms with Gasteiger partial charge in [0.05, 0.1) is 6.54 Å². The molecule has 0 bridgehead atoms. The molecule has 3 N–H and O–H groups in total. The van der Waals surface area contributed by atoms with Crippen molar-refractivity contribution in [3.63, 3.8) is 0 Å². The summed E-state index contributed by atoms with van der Waals surface area (Å²) >= 11 is 0. The minimum absolute atomic E-state index is 0.0408. The molecule has 2 atom stereocenters. The van der Waals surface area contributed by atoms with Crippen molar-refractivity contribution in [1.82, 2.24) is 5.32 Å². The Labute approximate surface area is 103 Å². The van der Waals surface area contributed by atoms with Crippen LogP contribution in [-0.2, 0) is 4.79 Å². The number of nitrogens with two attached hydrogens (primary N) is 1. The molecule has 2 unspecified atom stereocenters. The van der Waals surface area contributed by atoms with Crippen LogP contribution in [0.5, 0.6) is 0 Å². The molecule has 0 aromatic carbocycles. The van der Waals surface area contributed by atoms with Gasteiger partial charge in [0.25, 0.3) is 0 Å². The summed E-state index contributed by atoms with van der Waals surface area (Å²) in [6.45, 7) is -1.32. The smallest absolute Gasteiger partial charge is 0.324 e. The van der Waals surface area contributed by atoms with Gasteiger partial charge in [-0.2, -0.15) is 8.78 Å². The maximum absolute atomic E-state index is 12.6. The first-order valence-corrected chi connectivity index (χ1v) is 5.99. The van der Waals surface area contributed by atoms with Gasteiger partial charge in [-0.05, 0) is 25.2 Å². The average Bonchev–Trinajstić information content (AvgIpc) is 2.26. The number of carbonyl (C=O) groups is 1. The first-order chi connectivity index (χ1) is 8.31. The number of halogens is 4. The number of nitrogens with one attached hydrogen (secondary N) is 1. The van der Waals surface area contributed by atoms with Gasteiger partial charge < -0.3 is 11.1 Å². The fraction of sp³-hybridized carbons (Fsp3) is 0.909. The predicted octanol–water partition coefficient (Wildman–Crippen LogP) is 1.91. The van der Waals surface area contributed by atoms with E-state index in [-0.39, 0.29) is 18.4 Å². The molecule has 1 aliphatic carbocycles. The van der Waals surface area contributed by atoms with Gasteiger partial charge >= 0.3 is 12.3 Å². The maximum atomic E-state index is 12.6. The van der Waals surface area contributed by atoms with Crippen LogP contribution in [0.2, 0.25) is 0 Å². The Bertz CT molecular complexity index is 286. The number of hydrogen-bond donors (Lipinski definition) is 2. The minimum atomic E-state index is -4.17. The largest absolute Gasteiger partial charge is 0.350 e. The molecule has 106 valence electrons. The molecule has 0 heterocycles. The van der Waals surface area contributed by atoms with E-state index in [1.165, 1.54) is 0 Å². The van der Waals surface area contributed by atoms with E-state index in [1.807, 2.05) is 5.32 Å². The standard InChI is InChI=1S/C11H18F4N2O/c12-10(13)11(14,15)6-17-9(18)5-7-2-1-3-8(16)4-7/h7-8,10H,1-6,16H2,(H,17,18). The van der Waals surface area contributed by atoms with Crippen molar-refractivity contribution in [2.75, 3.05) is 6.54 Å². The van der Waals surface area contributed by atoms with Crippen molar-refractivity contribution >= 4 is 5.91 Å². The number of hydrogen-bond acceptors (Lipinski definition) is 2. The number of carbonyl (C=O) groups excluding carboxylic acids is 1. The molecular weight excluding hydrogens is 252 g/mol. The van der Waals surface area contributed by atoms with E-state index < -0.39 is 24.8 Å². The Morgan fingerprint density at radius 1 is 1.39 bits per heavy atom. The lowest BCUT2D eigenvalue weighted by molar-refractivity contribution is -0.137. The highest BCUT2D eigenvalue weighted by molar-refractivity contribution is 5.76. The van der Waals surface area contributed by atoms with Crippen molar-refractivity contribution in [2.45, 2.75) is 50.5 Å². The molecule has 0 radical (unpaired) electrons. The summed E-state index contributed by atoms with van der Waals surface area (Å²) in [4.78, 5) is 11.4. The van der Waals surface area contributed by atoms with Crippen LogP contribution in [-0.4, -0.2) is 30.8 Å². The summed E-state index contributed by atoms with van der Waals surface area (Å²) in [6.07, 6.45) is -0.368. The fourth-order valence-corrected chi connectivity index (χ4v) is 2.15. The quantitative estimate of drug-likeness (QED) is 0.750. The molecule has 18 heavy (non-hydrogen) atoms. The van der Waals surface area contributed by atoms with Crippen molar-refractivity contribution in [3.05, 3.63) is 0 Å². The summed E-state index contributed by atoms with van der Waals surface area (Å²) in [7, 11) is 0. The van der Waals surface area contributed by atoms with Crippen LogP contribution in [0.4, 0.5) is 17.6 Å². The topological polar surface area (TPSA) is 55.1 Å². The Morgan fingerprint density at radius 3 is 2.61 bits per heavy atom. The van der Waals surface area contributed by atoms with Crippen LogP contribution in [0, 0.1) is 5.92 Å². The second-order valence-electron chi connectivity index (χ2n) is 4.84. The van der Waals surface area contributed by atoms with E-state index in [1.54, 1.807) is 0 Å². The van der Waals surface area contributed by atoms with E-state index in [9.17, 15) is 22.4 Å². The van der Waals surface area contributed by atoms with E-state index in [0.29, 0.717) is 6.42 Å². The van der Waals surface area contributed by atoms with Crippen molar-refractivity contribution in [3.8, 4) is 0 Å². The van der Waals surface area contributed by atoms with E-state index in [4.69, 9.17) is 5.73 Å². The van der Waals surface area contributed by atoms with Crippen LogP contribution in [0.1, 0.15) is 32.1 Å². The molecule has 1 saturated carbocycles.